The largest absolute Gasteiger partial charge is 0.472 e. The highest BCUT2D eigenvalue weighted by molar-refractivity contribution is 7.47. The average molecular weight is 474 g/mol. The van der Waals surface area contributed by atoms with Gasteiger partial charge in [-0.3, -0.25) is 18.6 Å². The SMILES string of the molecule is CCCCCC(=O)OC(COC(C)=O)COP(=O)(O)OC1C(O)C(O)C(O)C(O)C1O. The van der Waals surface area contributed by atoms with Crippen LogP contribution in [-0.2, 0) is 32.7 Å². The molecule has 0 heterocycles. The van der Waals surface area contributed by atoms with Crippen molar-refractivity contribution in [2.45, 2.75) is 82.3 Å². The van der Waals surface area contributed by atoms with E-state index in [1.165, 1.54) is 0 Å². The van der Waals surface area contributed by atoms with Crippen LogP contribution in [0.5, 0.6) is 0 Å². The minimum absolute atomic E-state index is 0.0796. The van der Waals surface area contributed by atoms with E-state index in [1.807, 2.05) is 6.92 Å². The summed E-state index contributed by atoms with van der Waals surface area (Å²) in [6.07, 6.45) is -10.8. The molecule has 0 bridgehead atoms. The number of phosphoric ester groups is 1. The number of aliphatic hydroxyl groups excluding tert-OH is 5. The molecule has 6 N–H and O–H groups in total. The Labute approximate surface area is 179 Å². The van der Waals surface area contributed by atoms with E-state index < -0.39 is 75.7 Å². The number of rotatable bonds is 12. The molecule has 6 unspecified atom stereocenters. The Hall–Kier alpha value is -1.15. The van der Waals surface area contributed by atoms with Crippen molar-refractivity contribution in [1.29, 1.82) is 0 Å². The lowest BCUT2D eigenvalue weighted by atomic mass is 9.85. The third-order valence-corrected chi connectivity index (χ3v) is 5.49. The zero-order valence-corrected chi connectivity index (χ0v) is 18.2. The third-order valence-electron chi connectivity index (χ3n) is 4.51. The molecule has 31 heavy (non-hydrogen) atoms. The summed E-state index contributed by atoms with van der Waals surface area (Å²) in [6, 6.07) is 0. The highest BCUT2D eigenvalue weighted by Gasteiger charge is 2.51. The third kappa shape index (κ3) is 9.08. The highest BCUT2D eigenvalue weighted by atomic mass is 31.2. The smallest absolute Gasteiger partial charge is 0.462 e. The minimum Gasteiger partial charge on any atom is -0.462 e. The summed E-state index contributed by atoms with van der Waals surface area (Å²) in [5.41, 5.74) is 0. The normalized spacial score (nSPS) is 31.5. The van der Waals surface area contributed by atoms with E-state index >= 15 is 0 Å². The fourth-order valence-corrected chi connectivity index (χ4v) is 3.75. The van der Waals surface area contributed by atoms with Gasteiger partial charge in [0.1, 0.15) is 43.2 Å². The van der Waals surface area contributed by atoms with Crippen molar-refractivity contribution in [1.82, 2.24) is 0 Å². The number of unbranched alkanes of at least 4 members (excludes halogenated alkanes) is 2. The van der Waals surface area contributed by atoms with Crippen molar-refractivity contribution >= 4 is 19.8 Å². The van der Waals surface area contributed by atoms with E-state index in [2.05, 4.69) is 4.52 Å². The van der Waals surface area contributed by atoms with Gasteiger partial charge in [0.05, 0.1) is 6.61 Å². The van der Waals surface area contributed by atoms with Gasteiger partial charge >= 0.3 is 19.8 Å². The van der Waals surface area contributed by atoms with Crippen molar-refractivity contribution in [3.05, 3.63) is 0 Å². The van der Waals surface area contributed by atoms with Gasteiger partial charge in [0.15, 0.2) is 6.10 Å². The molecular formula is C17H31O13P. The van der Waals surface area contributed by atoms with Gasteiger partial charge in [-0.25, -0.2) is 4.57 Å². The van der Waals surface area contributed by atoms with E-state index in [1.54, 1.807) is 0 Å². The first-order valence-corrected chi connectivity index (χ1v) is 11.3. The van der Waals surface area contributed by atoms with E-state index in [9.17, 15) is 44.6 Å². The standard InChI is InChI=1S/C17H31O13P/c1-3-4-5-6-11(19)29-10(7-27-9(2)18)8-28-31(25,26)30-17-15(23)13(21)12(20)14(22)16(17)24/h10,12-17,20-24H,3-8H2,1-2H3,(H,25,26). The van der Waals surface area contributed by atoms with Crippen LogP contribution < -0.4 is 0 Å². The summed E-state index contributed by atoms with van der Waals surface area (Å²) in [5.74, 6) is -1.33. The molecule has 0 aromatic heterocycles. The fourth-order valence-electron chi connectivity index (χ4n) is 2.77. The number of hydrogen-bond acceptors (Lipinski definition) is 12. The molecule has 6 atom stereocenters. The summed E-state index contributed by atoms with van der Waals surface area (Å²) >= 11 is 0. The Morgan fingerprint density at radius 1 is 0.935 bits per heavy atom. The van der Waals surface area contributed by atoms with E-state index in [0.29, 0.717) is 6.42 Å². The summed E-state index contributed by atoms with van der Waals surface area (Å²) in [5, 5.41) is 48.6. The summed E-state index contributed by atoms with van der Waals surface area (Å²) in [6.45, 7) is 1.85. The number of aliphatic hydroxyl groups is 5. The second-order valence-electron chi connectivity index (χ2n) is 7.16. The molecule has 0 saturated heterocycles. The van der Waals surface area contributed by atoms with Crippen LogP contribution in [0.15, 0.2) is 0 Å². The monoisotopic (exact) mass is 474 g/mol. The molecule has 182 valence electrons. The molecule has 14 heteroatoms. The maximum Gasteiger partial charge on any atom is 0.472 e. The Morgan fingerprint density at radius 3 is 2.00 bits per heavy atom. The van der Waals surface area contributed by atoms with Crippen LogP contribution in [-0.4, -0.2) is 98.3 Å². The quantitative estimate of drug-likeness (QED) is 0.107. The predicted octanol–water partition coefficient (Wildman–Crippen LogP) is -1.64. The van der Waals surface area contributed by atoms with Crippen LogP contribution in [0, 0.1) is 0 Å². The van der Waals surface area contributed by atoms with Gasteiger partial charge < -0.3 is 39.9 Å². The van der Waals surface area contributed by atoms with Crippen LogP contribution >= 0.6 is 7.82 Å². The molecule has 1 fully saturated rings. The lowest BCUT2D eigenvalue weighted by Gasteiger charge is -2.41. The van der Waals surface area contributed by atoms with Gasteiger partial charge in [-0.15, -0.1) is 0 Å². The van der Waals surface area contributed by atoms with E-state index in [0.717, 1.165) is 19.8 Å². The molecule has 0 aromatic carbocycles. The Balaban J connectivity index is 2.72. The highest BCUT2D eigenvalue weighted by Crippen LogP contribution is 2.47. The molecule has 0 amide bonds. The van der Waals surface area contributed by atoms with Gasteiger partial charge in [-0.1, -0.05) is 19.8 Å². The molecule has 1 saturated carbocycles. The van der Waals surface area contributed by atoms with E-state index in [4.69, 9.17) is 14.0 Å². The molecule has 1 aliphatic rings. The van der Waals surface area contributed by atoms with Crippen molar-refractivity contribution in [3.8, 4) is 0 Å². The van der Waals surface area contributed by atoms with Crippen LogP contribution in [0.4, 0.5) is 0 Å². The zero-order chi connectivity index (χ0) is 23.8. The van der Waals surface area contributed by atoms with Crippen LogP contribution in [0.3, 0.4) is 0 Å². The number of phosphoric acid groups is 1. The first kappa shape index (κ1) is 27.9. The maximum atomic E-state index is 12.2. The topological polar surface area (TPSA) is 210 Å². The van der Waals surface area contributed by atoms with Crippen molar-refractivity contribution in [2.75, 3.05) is 13.2 Å². The molecule has 0 aliphatic heterocycles. The number of esters is 2. The predicted molar refractivity (Wildman–Crippen MR) is 101 cm³/mol. The molecule has 1 rings (SSSR count). The van der Waals surface area contributed by atoms with Crippen molar-refractivity contribution < 1.29 is 63.1 Å². The number of hydrogen-bond donors (Lipinski definition) is 6. The lowest BCUT2D eigenvalue weighted by molar-refractivity contribution is -0.220. The van der Waals surface area contributed by atoms with Gasteiger partial charge in [-0.05, 0) is 6.42 Å². The number of ether oxygens (including phenoxy) is 2. The zero-order valence-electron chi connectivity index (χ0n) is 17.3. The number of carbonyl (C=O) groups is 2. The molecule has 0 aromatic rings. The van der Waals surface area contributed by atoms with Gasteiger partial charge in [0, 0.05) is 13.3 Å². The van der Waals surface area contributed by atoms with Gasteiger partial charge in [0.2, 0.25) is 0 Å². The van der Waals surface area contributed by atoms with E-state index in [-0.39, 0.29) is 6.42 Å². The Morgan fingerprint density at radius 2 is 1.48 bits per heavy atom. The summed E-state index contributed by atoms with van der Waals surface area (Å²) < 4.78 is 31.4. The summed E-state index contributed by atoms with van der Waals surface area (Å²) in [4.78, 5) is 32.8. The fraction of sp³-hybridized carbons (Fsp3) is 0.882. The van der Waals surface area contributed by atoms with Crippen LogP contribution in [0.2, 0.25) is 0 Å². The Kier molecular flexibility index (Phi) is 11.5. The van der Waals surface area contributed by atoms with Gasteiger partial charge in [0.25, 0.3) is 0 Å². The minimum atomic E-state index is -5.03. The lowest BCUT2D eigenvalue weighted by Crippen LogP contribution is -2.64. The summed E-state index contributed by atoms with van der Waals surface area (Å²) in [7, 11) is -5.03. The molecule has 1 aliphatic carbocycles. The van der Waals surface area contributed by atoms with Crippen LogP contribution in [0.25, 0.3) is 0 Å². The second kappa shape index (κ2) is 12.8. The average Bonchev–Trinajstić information content (AvgIpc) is 2.70. The first-order chi connectivity index (χ1) is 14.4. The molecule has 0 radical (unpaired) electrons. The van der Waals surface area contributed by atoms with Gasteiger partial charge in [-0.2, -0.15) is 0 Å². The van der Waals surface area contributed by atoms with Crippen LogP contribution in [0.1, 0.15) is 39.5 Å². The Bertz CT molecular complexity index is 613. The molecular weight excluding hydrogens is 443 g/mol. The molecule has 0 spiro atoms. The maximum absolute atomic E-state index is 12.2. The molecule has 13 nitrogen and oxygen atoms in total. The van der Waals surface area contributed by atoms with Crippen molar-refractivity contribution in [3.63, 3.8) is 0 Å². The number of carbonyl (C=O) groups excluding carboxylic acids is 2. The van der Waals surface area contributed by atoms with Crippen molar-refractivity contribution in [2.24, 2.45) is 0 Å². The second-order valence-corrected chi connectivity index (χ2v) is 8.56. The first-order valence-electron chi connectivity index (χ1n) is 9.78.